The van der Waals surface area contributed by atoms with Gasteiger partial charge in [-0.05, 0) is 13.3 Å². The maximum absolute atomic E-state index is 12.2. The molecule has 46 valence electrons. The first-order chi connectivity index (χ1) is 3.81. The van der Waals surface area contributed by atoms with Crippen LogP contribution in [0.2, 0.25) is 0 Å². The zero-order chi connectivity index (χ0) is 6.41. The van der Waals surface area contributed by atoms with Crippen molar-refractivity contribution in [2.24, 2.45) is 0 Å². The SMILES string of the molecule is C=CC[C@@H](F)/C=C\C. The number of halogens is 1. The van der Waals surface area contributed by atoms with Crippen LogP contribution in [0.25, 0.3) is 0 Å². The summed E-state index contributed by atoms with van der Waals surface area (Å²) in [5, 5.41) is 0. The van der Waals surface area contributed by atoms with Crippen molar-refractivity contribution in [1.82, 2.24) is 0 Å². The van der Waals surface area contributed by atoms with Gasteiger partial charge in [-0.1, -0.05) is 18.2 Å². The highest BCUT2D eigenvalue weighted by atomic mass is 19.1. The van der Waals surface area contributed by atoms with Crippen LogP contribution in [-0.4, -0.2) is 6.17 Å². The van der Waals surface area contributed by atoms with Gasteiger partial charge in [0.1, 0.15) is 6.17 Å². The molecule has 0 aliphatic heterocycles. The lowest BCUT2D eigenvalue weighted by Crippen LogP contribution is -1.89. The lowest BCUT2D eigenvalue weighted by atomic mass is 10.2. The number of hydrogen-bond donors (Lipinski definition) is 0. The van der Waals surface area contributed by atoms with Crippen LogP contribution in [0.15, 0.2) is 24.8 Å². The molecule has 0 aliphatic rings. The summed E-state index contributed by atoms with van der Waals surface area (Å²) in [7, 11) is 0. The first-order valence-electron chi connectivity index (χ1n) is 2.69. The molecular weight excluding hydrogens is 103 g/mol. The highest BCUT2D eigenvalue weighted by Gasteiger charge is 1.93. The molecule has 8 heavy (non-hydrogen) atoms. The normalized spacial score (nSPS) is 14.2. The molecule has 0 aromatic rings. The summed E-state index contributed by atoms with van der Waals surface area (Å²) in [5.41, 5.74) is 0. The van der Waals surface area contributed by atoms with Crippen LogP contribution in [0, 0.1) is 0 Å². The van der Waals surface area contributed by atoms with Crippen LogP contribution in [0.1, 0.15) is 13.3 Å². The summed E-state index contributed by atoms with van der Waals surface area (Å²) in [6.07, 6.45) is 4.38. The summed E-state index contributed by atoms with van der Waals surface area (Å²) in [4.78, 5) is 0. The molecule has 1 atom stereocenters. The van der Waals surface area contributed by atoms with E-state index in [0.717, 1.165) is 0 Å². The fraction of sp³-hybridized carbons (Fsp3) is 0.429. The molecule has 0 rings (SSSR count). The molecule has 0 spiro atoms. The lowest BCUT2D eigenvalue weighted by molar-refractivity contribution is 0.404. The van der Waals surface area contributed by atoms with Gasteiger partial charge in [-0.15, -0.1) is 6.58 Å². The van der Waals surface area contributed by atoms with E-state index in [9.17, 15) is 4.39 Å². The largest absolute Gasteiger partial charge is 0.243 e. The van der Waals surface area contributed by atoms with Gasteiger partial charge < -0.3 is 0 Å². The Labute approximate surface area is 49.7 Å². The van der Waals surface area contributed by atoms with Gasteiger partial charge in [0.25, 0.3) is 0 Å². The Balaban J connectivity index is 3.31. The molecule has 0 fully saturated rings. The number of hydrogen-bond acceptors (Lipinski definition) is 0. The van der Waals surface area contributed by atoms with Crippen molar-refractivity contribution in [3.05, 3.63) is 24.8 Å². The standard InChI is InChI=1S/C7H11F/c1-3-5-7(8)6-4-2/h3-4,6-7H,1,5H2,2H3/b6-4-/t7-/m1/s1. The van der Waals surface area contributed by atoms with Gasteiger partial charge in [-0.2, -0.15) is 0 Å². The van der Waals surface area contributed by atoms with E-state index >= 15 is 0 Å². The fourth-order valence-electron chi connectivity index (χ4n) is 0.447. The second-order valence-electron chi connectivity index (χ2n) is 1.57. The van der Waals surface area contributed by atoms with Crippen molar-refractivity contribution < 1.29 is 4.39 Å². The minimum absolute atomic E-state index is 0.421. The quantitative estimate of drug-likeness (QED) is 0.494. The molecule has 0 radical (unpaired) electrons. The molecule has 0 bridgehead atoms. The van der Waals surface area contributed by atoms with Gasteiger partial charge in [0.05, 0.1) is 0 Å². The zero-order valence-corrected chi connectivity index (χ0v) is 5.10. The van der Waals surface area contributed by atoms with Crippen LogP contribution in [-0.2, 0) is 0 Å². The topological polar surface area (TPSA) is 0 Å². The molecule has 0 heterocycles. The second-order valence-corrected chi connectivity index (χ2v) is 1.57. The van der Waals surface area contributed by atoms with E-state index in [4.69, 9.17) is 0 Å². The molecule has 0 amide bonds. The maximum atomic E-state index is 12.2. The van der Waals surface area contributed by atoms with Crippen LogP contribution in [0.4, 0.5) is 4.39 Å². The van der Waals surface area contributed by atoms with Crippen molar-refractivity contribution in [2.75, 3.05) is 0 Å². The maximum Gasteiger partial charge on any atom is 0.122 e. The molecule has 0 aromatic heterocycles. The van der Waals surface area contributed by atoms with E-state index in [2.05, 4.69) is 6.58 Å². The third kappa shape index (κ3) is 3.59. The van der Waals surface area contributed by atoms with E-state index < -0.39 is 6.17 Å². The van der Waals surface area contributed by atoms with Gasteiger partial charge in [-0.3, -0.25) is 0 Å². The predicted molar refractivity (Wildman–Crippen MR) is 34.5 cm³/mol. The van der Waals surface area contributed by atoms with Crippen LogP contribution in [0.5, 0.6) is 0 Å². The fourth-order valence-corrected chi connectivity index (χ4v) is 0.447. The molecule has 0 aromatic carbocycles. The summed E-state index contributed by atoms with van der Waals surface area (Å²) in [6.45, 7) is 5.21. The Bertz CT molecular complexity index is 84.4. The third-order valence-corrected chi connectivity index (χ3v) is 0.793. The number of alkyl halides is 1. The van der Waals surface area contributed by atoms with E-state index in [1.165, 1.54) is 6.08 Å². The number of allylic oxidation sites excluding steroid dienone is 3. The summed E-state index contributed by atoms with van der Waals surface area (Å²) >= 11 is 0. The third-order valence-electron chi connectivity index (χ3n) is 0.793. The molecule has 0 unspecified atom stereocenters. The molecule has 0 saturated carbocycles. The summed E-state index contributed by atoms with van der Waals surface area (Å²) < 4.78 is 12.2. The van der Waals surface area contributed by atoms with E-state index in [1.54, 1.807) is 19.1 Å². The van der Waals surface area contributed by atoms with Crippen molar-refractivity contribution in [3.8, 4) is 0 Å². The van der Waals surface area contributed by atoms with E-state index in [-0.39, 0.29) is 0 Å². The van der Waals surface area contributed by atoms with Crippen LogP contribution >= 0.6 is 0 Å². The Kier molecular flexibility index (Phi) is 4.23. The highest BCUT2D eigenvalue weighted by molar-refractivity contribution is 4.89. The molecule has 0 aliphatic carbocycles. The summed E-state index contributed by atoms with van der Waals surface area (Å²) in [6, 6.07) is 0. The van der Waals surface area contributed by atoms with Gasteiger partial charge in [0, 0.05) is 0 Å². The first-order valence-corrected chi connectivity index (χ1v) is 2.69. The molecule has 0 saturated heterocycles. The van der Waals surface area contributed by atoms with Crippen LogP contribution in [0.3, 0.4) is 0 Å². The highest BCUT2D eigenvalue weighted by Crippen LogP contribution is 1.98. The van der Waals surface area contributed by atoms with Gasteiger partial charge >= 0.3 is 0 Å². The Morgan fingerprint density at radius 1 is 1.75 bits per heavy atom. The van der Waals surface area contributed by atoms with Crippen molar-refractivity contribution in [3.63, 3.8) is 0 Å². The molecular formula is C7H11F. The monoisotopic (exact) mass is 114 g/mol. The average Bonchev–Trinajstić information content (AvgIpc) is 1.68. The average molecular weight is 114 g/mol. The smallest absolute Gasteiger partial charge is 0.122 e. The van der Waals surface area contributed by atoms with Crippen molar-refractivity contribution in [1.29, 1.82) is 0 Å². The molecule has 1 heteroatoms. The van der Waals surface area contributed by atoms with Crippen molar-refractivity contribution >= 4 is 0 Å². The molecule has 0 N–H and O–H groups in total. The van der Waals surface area contributed by atoms with E-state index in [1.807, 2.05) is 0 Å². The van der Waals surface area contributed by atoms with Gasteiger partial charge in [0.15, 0.2) is 0 Å². The molecule has 0 nitrogen and oxygen atoms in total. The Morgan fingerprint density at radius 2 is 2.38 bits per heavy atom. The number of rotatable bonds is 3. The van der Waals surface area contributed by atoms with E-state index in [0.29, 0.717) is 6.42 Å². The zero-order valence-electron chi connectivity index (χ0n) is 5.10. The minimum Gasteiger partial charge on any atom is -0.243 e. The van der Waals surface area contributed by atoms with Crippen molar-refractivity contribution in [2.45, 2.75) is 19.5 Å². The first kappa shape index (κ1) is 7.41. The lowest BCUT2D eigenvalue weighted by Gasteiger charge is -1.92. The minimum atomic E-state index is -0.836. The summed E-state index contributed by atoms with van der Waals surface area (Å²) in [5.74, 6) is 0. The van der Waals surface area contributed by atoms with Gasteiger partial charge in [-0.25, -0.2) is 4.39 Å². The second kappa shape index (κ2) is 4.57. The van der Waals surface area contributed by atoms with Crippen LogP contribution < -0.4 is 0 Å². The Hall–Kier alpha value is -0.590. The van der Waals surface area contributed by atoms with Gasteiger partial charge in [0.2, 0.25) is 0 Å². The Morgan fingerprint density at radius 3 is 2.75 bits per heavy atom. The predicted octanol–water partition coefficient (Wildman–Crippen LogP) is 2.48.